The standard InChI is InChI=1S/C40H84O8P2/c1-3-5-7-9-11-13-15-17-19-21-23-25-27-29-31-33-35-47-38-39(37-40(49(41,42)43)50(44,45)46)48-36-34-32-30-28-26-24-22-20-18-16-14-12-10-8-6-4-2/h39-40H,3-38H2,1-2H3,(H2,41,42,43)(H2,44,45,46). The summed E-state index contributed by atoms with van der Waals surface area (Å²) in [4.78, 5) is 38.5. The molecule has 0 bridgehead atoms. The van der Waals surface area contributed by atoms with E-state index in [4.69, 9.17) is 9.47 Å². The number of unbranched alkanes of at least 4 members (excludes halogenated alkanes) is 30. The van der Waals surface area contributed by atoms with E-state index < -0.39 is 33.1 Å². The fourth-order valence-corrected chi connectivity index (χ4v) is 9.34. The van der Waals surface area contributed by atoms with Gasteiger partial charge in [-0.1, -0.05) is 206 Å². The Bertz CT molecular complexity index is 765. The molecule has 0 rings (SSSR count). The fraction of sp³-hybridized carbons (Fsp3) is 1.00. The van der Waals surface area contributed by atoms with E-state index in [1.165, 1.54) is 173 Å². The molecule has 0 aromatic rings. The highest BCUT2D eigenvalue weighted by Gasteiger charge is 2.44. The first-order valence-corrected chi connectivity index (χ1v) is 24.8. The van der Waals surface area contributed by atoms with E-state index in [1.807, 2.05) is 0 Å². The molecule has 0 spiro atoms. The molecular weight excluding hydrogens is 670 g/mol. The Morgan fingerprint density at radius 2 is 0.660 bits per heavy atom. The number of rotatable bonds is 41. The molecule has 0 amide bonds. The normalized spacial score (nSPS) is 13.1. The average molecular weight is 755 g/mol. The van der Waals surface area contributed by atoms with Gasteiger partial charge >= 0.3 is 15.2 Å². The van der Waals surface area contributed by atoms with Gasteiger partial charge in [-0.15, -0.1) is 0 Å². The van der Waals surface area contributed by atoms with Crippen LogP contribution in [0.3, 0.4) is 0 Å². The van der Waals surface area contributed by atoms with Crippen molar-refractivity contribution in [3.05, 3.63) is 0 Å². The van der Waals surface area contributed by atoms with E-state index in [9.17, 15) is 28.7 Å². The fourth-order valence-electron chi connectivity index (χ4n) is 6.76. The summed E-state index contributed by atoms with van der Waals surface area (Å²) < 4.78 is 35.5. The van der Waals surface area contributed by atoms with E-state index in [0.29, 0.717) is 13.2 Å². The van der Waals surface area contributed by atoms with Gasteiger partial charge in [0.2, 0.25) is 0 Å². The Morgan fingerprint density at radius 3 is 0.940 bits per heavy atom. The summed E-state index contributed by atoms with van der Waals surface area (Å²) in [5.74, 6) is 0. The number of hydrogen-bond donors (Lipinski definition) is 4. The summed E-state index contributed by atoms with van der Waals surface area (Å²) in [6.45, 7) is 5.50. The molecule has 1 atom stereocenters. The lowest BCUT2D eigenvalue weighted by molar-refractivity contribution is -0.0218. The topological polar surface area (TPSA) is 134 Å². The van der Waals surface area contributed by atoms with E-state index in [-0.39, 0.29) is 6.61 Å². The molecule has 0 aromatic heterocycles. The molecule has 0 aliphatic rings. The van der Waals surface area contributed by atoms with E-state index in [0.717, 1.165) is 32.1 Å². The van der Waals surface area contributed by atoms with Gasteiger partial charge < -0.3 is 29.0 Å². The van der Waals surface area contributed by atoms with Crippen molar-refractivity contribution in [2.75, 3.05) is 19.8 Å². The van der Waals surface area contributed by atoms with Crippen molar-refractivity contribution < 1.29 is 38.2 Å². The second-order valence-corrected chi connectivity index (χ2v) is 19.1. The number of ether oxygens (including phenoxy) is 2. The Labute approximate surface area is 309 Å². The molecule has 8 nitrogen and oxygen atoms in total. The van der Waals surface area contributed by atoms with Crippen LogP contribution in [0.15, 0.2) is 0 Å². The minimum absolute atomic E-state index is 0.0775. The minimum atomic E-state index is -5.01. The SMILES string of the molecule is CCCCCCCCCCCCCCCCCCOCC(CC(P(=O)(O)O)P(=O)(O)O)OCCCCCCCCCCCCCCCCCC. The van der Waals surface area contributed by atoms with Gasteiger partial charge in [0, 0.05) is 19.6 Å². The molecular formula is C40H84O8P2. The first-order chi connectivity index (χ1) is 24.1. The first-order valence-electron chi connectivity index (χ1n) is 21.4. The summed E-state index contributed by atoms with van der Waals surface area (Å²) in [6, 6.07) is 0. The molecule has 0 aromatic carbocycles. The third kappa shape index (κ3) is 35.3. The van der Waals surface area contributed by atoms with Crippen LogP contribution in [0.1, 0.15) is 226 Å². The lowest BCUT2D eigenvalue weighted by Crippen LogP contribution is -2.27. The Balaban J connectivity index is 4.04. The van der Waals surface area contributed by atoms with Crippen molar-refractivity contribution in [1.82, 2.24) is 0 Å². The monoisotopic (exact) mass is 755 g/mol. The maximum absolute atomic E-state index is 11.9. The summed E-state index contributed by atoms with van der Waals surface area (Å²) in [5.41, 5.74) is 0. The van der Waals surface area contributed by atoms with Gasteiger partial charge in [0.15, 0.2) is 5.40 Å². The largest absolute Gasteiger partial charge is 0.379 e. The van der Waals surface area contributed by atoms with Gasteiger partial charge in [0.05, 0.1) is 12.7 Å². The van der Waals surface area contributed by atoms with Gasteiger partial charge in [-0.05, 0) is 12.8 Å². The van der Waals surface area contributed by atoms with E-state index in [2.05, 4.69) is 13.8 Å². The van der Waals surface area contributed by atoms with Crippen LogP contribution in [0.4, 0.5) is 0 Å². The van der Waals surface area contributed by atoms with E-state index >= 15 is 0 Å². The lowest BCUT2D eigenvalue weighted by atomic mass is 10.0. The quantitative estimate of drug-likeness (QED) is 0.0358. The molecule has 0 saturated heterocycles. The molecule has 302 valence electrons. The Hall–Kier alpha value is 0.220. The molecule has 0 aliphatic heterocycles. The molecule has 1 unspecified atom stereocenters. The molecule has 0 radical (unpaired) electrons. The van der Waals surface area contributed by atoms with Crippen LogP contribution in [0, 0.1) is 0 Å². The zero-order valence-corrected chi connectivity index (χ0v) is 34.7. The smallest absolute Gasteiger partial charge is 0.340 e. The van der Waals surface area contributed by atoms with E-state index in [1.54, 1.807) is 0 Å². The predicted molar refractivity (Wildman–Crippen MR) is 212 cm³/mol. The molecule has 4 N–H and O–H groups in total. The lowest BCUT2D eigenvalue weighted by Gasteiger charge is -2.25. The average Bonchev–Trinajstić information content (AvgIpc) is 3.06. The van der Waals surface area contributed by atoms with Crippen molar-refractivity contribution in [1.29, 1.82) is 0 Å². The first kappa shape index (κ1) is 50.2. The highest BCUT2D eigenvalue weighted by atomic mass is 31.2. The van der Waals surface area contributed by atoms with Crippen molar-refractivity contribution in [2.24, 2.45) is 0 Å². The Morgan fingerprint density at radius 1 is 0.400 bits per heavy atom. The molecule has 0 saturated carbocycles. The second-order valence-electron chi connectivity index (χ2n) is 15.1. The van der Waals surface area contributed by atoms with Crippen LogP contribution in [-0.4, -0.2) is 50.9 Å². The minimum Gasteiger partial charge on any atom is -0.379 e. The zero-order valence-electron chi connectivity index (χ0n) is 32.9. The third-order valence-corrected chi connectivity index (χ3v) is 13.8. The van der Waals surface area contributed by atoms with Crippen molar-refractivity contribution in [2.45, 2.75) is 237 Å². The molecule has 0 aliphatic carbocycles. The van der Waals surface area contributed by atoms with Crippen molar-refractivity contribution in [3.8, 4) is 0 Å². The molecule has 10 heteroatoms. The molecule has 0 fully saturated rings. The summed E-state index contributed by atoms with van der Waals surface area (Å²) in [7, 11) is -10.0. The van der Waals surface area contributed by atoms with Gasteiger partial charge in [0.1, 0.15) is 0 Å². The maximum atomic E-state index is 11.9. The second kappa shape index (κ2) is 36.2. The van der Waals surface area contributed by atoms with Crippen LogP contribution in [0.2, 0.25) is 0 Å². The molecule has 0 heterocycles. The maximum Gasteiger partial charge on any atom is 0.340 e. The van der Waals surface area contributed by atoms with Gasteiger partial charge in [-0.3, -0.25) is 9.13 Å². The number of hydrogen-bond acceptors (Lipinski definition) is 4. The summed E-state index contributed by atoms with van der Waals surface area (Å²) in [5, 5.41) is -2.06. The van der Waals surface area contributed by atoms with Crippen LogP contribution < -0.4 is 0 Å². The molecule has 50 heavy (non-hydrogen) atoms. The zero-order chi connectivity index (χ0) is 37.0. The van der Waals surface area contributed by atoms with Gasteiger partial charge in [-0.2, -0.15) is 0 Å². The van der Waals surface area contributed by atoms with Crippen molar-refractivity contribution in [3.63, 3.8) is 0 Å². The summed E-state index contributed by atoms with van der Waals surface area (Å²) in [6.07, 6.45) is 39.8. The predicted octanol–water partition coefficient (Wildman–Crippen LogP) is 13.0. The van der Waals surface area contributed by atoms with Crippen LogP contribution >= 0.6 is 15.2 Å². The van der Waals surface area contributed by atoms with Gasteiger partial charge in [-0.25, -0.2) is 0 Å². The summed E-state index contributed by atoms with van der Waals surface area (Å²) >= 11 is 0. The van der Waals surface area contributed by atoms with Crippen LogP contribution in [0.25, 0.3) is 0 Å². The highest BCUT2D eigenvalue weighted by molar-refractivity contribution is 7.70. The third-order valence-electron chi connectivity index (χ3n) is 10.0. The van der Waals surface area contributed by atoms with Gasteiger partial charge in [0.25, 0.3) is 0 Å². The van der Waals surface area contributed by atoms with Crippen LogP contribution in [-0.2, 0) is 18.6 Å². The Kier molecular flexibility index (Phi) is 36.4. The highest BCUT2D eigenvalue weighted by Crippen LogP contribution is 2.61. The van der Waals surface area contributed by atoms with Crippen LogP contribution in [0.5, 0.6) is 0 Å². The van der Waals surface area contributed by atoms with Crippen molar-refractivity contribution >= 4 is 15.2 Å².